The number of amides is 1. The van der Waals surface area contributed by atoms with Crippen molar-refractivity contribution in [2.24, 2.45) is 0 Å². The normalized spacial score (nSPS) is 16.7. The van der Waals surface area contributed by atoms with Crippen molar-refractivity contribution in [1.82, 2.24) is 4.98 Å². The summed E-state index contributed by atoms with van der Waals surface area (Å²) in [6, 6.07) is 8.80. The summed E-state index contributed by atoms with van der Waals surface area (Å²) in [4.78, 5) is 45.2. The van der Waals surface area contributed by atoms with Gasteiger partial charge in [-0.2, -0.15) is 0 Å². The molecule has 2 N–H and O–H groups in total. The second kappa shape index (κ2) is 10.7. The summed E-state index contributed by atoms with van der Waals surface area (Å²) in [6.07, 6.45) is 0. The Bertz CT molecular complexity index is 1470. The molecule has 1 unspecified atom stereocenters. The Morgan fingerprint density at radius 2 is 1.82 bits per heavy atom. The number of carbonyl (C=O) groups excluding carboxylic acids is 3. The zero-order valence-electron chi connectivity index (χ0n) is 21.7. The summed E-state index contributed by atoms with van der Waals surface area (Å²) < 4.78 is 10.6. The van der Waals surface area contributed by atoms with Crippen LogP contribution in [0.3, 0.4) is 0 Å². The Labute approximate surface area is 224 Å². The second-order valence-electron chi connectivity index (χ2n) is 8.78. The van der Waals surface area contributed by atoms with Gasteiger partial charge in [-0.15, -0.1) is 0 Å². The number of rotatable bonds is 7. The molecule has 1 saturated heterocycles. The molecule has 0 saturated carbocycles. The number of thiazole rings is 1. The van der Waals surface area contributed by atoms with Gasteiger partial charge in [0.25, 0.3) is 5.78 Å². The number of hydrogen-bond donors (Lipinski definition) is 2. The van der Waals surface area contributed by atoms with Gasteiger partial charge in [0.15, 0.2) is 16.6 Å². The number of ketones is 1. The number of esters is 1. The van der Waals surface area contributed by atoms with Crippen LogP contribution in [0.5, 0.6) is 11.5 Å². The second-order valence-corrected chi connectivity index (χ2v) is 9.76. The quantitative estimate of drug-likeness (QED) is 0.187. The largest absolute Gasteiger partial charge is 0.507 e. The molecular weight excluding hydrogens is 508 g/mol. The molecule has 1 aliphatic heterocycles. The molecule has 1 atom stereocenters. The number of aliphatic hydroxyl groups excluding tert-OH is 1. The number of ether oxygens (including phenoxy) is 2. The van der Waals surface area contributed by atoms with Crippen LogP contribution in [0, 0.1) is 20.8 Å². The van der Waals surface area contributed by atoms with E-state index in [-0.39, 0.29) is 46.1 Å². The molecular formula is C28H28N2O7S. The average Bonchev–Trinajstić information content (AvgIpc) is 3.38. The van der Waals surface area contributed by atoms with Crippen molar-refractivity contribution >= 4 is 39.9 Å². The number of hydrogen-bond acceptors (Lipinski definition) is 9. The predicted octanol–water partition coefficient (Wildman–Crippen LogP) is 4.98. The summed E-state index contributed by atoms with van der Waals surface area (Å²) >= 11 is 0.924. The highest BCUT2D eigenvalue weighted by molar-refractivity contribution is 7.17. The number of nitrogens with zero attached hydrogens (tertiary/aromatic N) is 2. The topological polar surface area (TPSA) is 126 Å². The predicted molar refractivity (Wildman–Crippen MR) is 143 cm³/mol. The number of benzene rings is 2. The summed E-state index contributed by atoms with van der Waals surface area (Å²) in [7, 11) is 0. The number of aliphatic hydroxyl groups is 1. The van der Waals surface area contributed by atoms with Gasteiger partial charge in [-0.1, -0.05) is 35.1 Å². The van der Waals surface area contributed by atoms with Gasteiger partial charge in [-0.3, -0.25) is 14.5 Å². The molecule has 4 rings (SSSR count). The van der Waals surface area contributed by atoms with E-state index in [1.807, 2.05) is 19.1 Å². The molecule has 0 radical (unpaired) electrons. The van der Waals surface area contributed by atoms with Crippen molar-refractivity contribution in [3.8, 4) is 11.5 Å². The van der Waals surface area contributed by atoms with Crippen LogP contribution in [0.15, 0.2) is 42.0 Å². The third kappa shape index (κ3) is 4.74. The average molecular weight is 537 g/mol. The Kier molecular flexibility index (Phi) is 7.54. The zero-order chi connectivity index (χ0) is 27.7. The maximum atomic E-state index is 13.5. The minimum absolute atomic E-state index is 0.101. The number of carbonyl (C=O) groups is 3. The molecule has 1 amide bonds. The molecule has 9 nitrogen and oxygen atoms in total. The van der Waals surface area contributed by atoms with Gasteiger partial charge in [-0.25, -0.2) is 9.78 Å². The number of phenols is 1. The number of aromatic nitrogens is 1. The number of aryl methyl sites for hydroxylation is 3. The van der Waals surface area contributed by atoms with Crippen LogP contribution >= 0.6 is 11.3 Å². The smallest absolute Gasteiger partial charge is 0.350 e. The van der Waals surface area contributed by atoms with E-state index < -0.39 is 23.7 Å². The number of phenolic OH excluding ortho intramolecular Hbond substituents is 1. The third-order valence-corrected chi connectivity index (χ3v) is 7.28. The first kappa shape index (κ1) is 26.9. The van der Waals surface area contributed by atoms with E-state index >= 15 is 0 Å². The molecule has 38 heavy (non-hydrogen) atoms. The van der Waals surface area contributed by atoms with Crippen LogP contribution in [0.25, 0.3) is 5.76 Å². The van der Waals surface area contributed by atoms with Crippen molar-refractivity contribution in [2.45, 2.75) is 40.7 Å². The summed E-state index contributed by atoms with van der Waals surface area (Å²) in [5, 5.41) is 21.8. The summed E-state index contributed by atoms with van der Waals surface area (Å²) in [5.41, 5.74) is 2.61. The van der Waals surface area contributed by atoms with E-state index in [1.165, 1.54) is 17.0 Å². The standard InChI is InChI=1S/C28H28N2O7S/c1-6-36-20-13-17(10-11-19(20)31)22-21(23(32)18-12-14(3)8-9-15(18)4)24(33)26(34)30(22)28-29-16(5)25(38-28)27(35)37-7-2/h8-13,22,31-32H,6-7H2,1-5H3/b23-21+. The van der Waals surface area contributed by atoms with E-state index in [1.54, 1.807) is 39.8 Å². The van der Waals surface area contributed by atoms with Crippen LogP contribution < -0.4 is 9.64 Å². The highest BCUT2D eigenvalue weighted by atomic mass is 32.1. The van der Waals surface area contributed by atoms with Gasteiger partial charge in [-0.05, 0) is 63.9 Å². The van der Waals surface area contributed by atoms with Crippen molar-refractivity contribution in [3.63, 3.8) is 0 Å². The van der Waals surface area contributed by atoms with Gasteiger partial charge in [0, 0.05) is 5.56 Å². The van der Waals surface area contributed by atoms with Crippen LogP contribution in [-0.4, -0.2) is 46.1 Å². The lowest BCUT2D eigenvalue weighted by molar-refractivity contribution is -0.132. The van der Waals surface area contributed by atoms with Crippen LogP contribution in [0.2, 0.25) is 0 Å². The van der Waals surface area contributed by atoms with Crippen molar-refractivity contribution in [1.29, 1.82) is 0 Å². The lowest BCUT2D eigenvalue weighted by atomic mass is 9.93. The Morgan fingerprint density at radius 1 is 1.08 bits per heavy atom. The van der Waals surface area contributed by atoms with E-state index in [0.717, 1.165) is 16.9 Å². The highest BCUT2D eigenvalue weighted by Crippen LogP contribution is 2.45. The fourth-order valence-corrected chi connectivity index (χ4v) is 5.31. The molecule has 0 spiro atoms. The molecule has 0 bridgehead atoms. The van der Waals surface area contributed by atoms with Crippen molar-refractivity contribution in [3.05, 3.63) is 74.8 Å². The SMILES string of the molecule is CCOC(=O)c1sc(N2C(=O)C(=O)/C(=C(/O)c3cc(C)ccc3C)C2c2ccc(O)c(OCC)c2)nc1C. The molecule has 1 aromatic heterocycles. The Hall–Kier alpha value is -4.18. The minimum atomic E-state index is -1.10. The van der Waals surface area contributed by atoms with Crippen LogP contribution in [-0.2, 0) is 14.3 Å². The number of anilines is 1. The molecule has 0 aliphatic carbocycles. The first-order chi connectivity index (χ1) is 18.1. The van der Waals surface area contributed by atoms with Crippen LogP contribution in [0.4, 0.5) is 5.13 Å². The van der Waals surface area contributed by atoms with Crippen LogP contribution in [0.1, 0.15) is 57.5 Å². The first-order valence-corrected chi connectivity index (χ1v) is 12.9. The fourth-order valence-electron chi connectivity index (χ4n) is 4.32. The molecule has 1 fully saturated rings. The lowest BCUT2D eigenvalue weighted by Crippen LogP contribution is -2.29. The monoisotopic (exact) mass is 536 g/mol. The maximum absolute atomic E-state index is 13.5. The third-order valence-electron chi connectivity index (χ3n) is 6.14. The molecule has 10 heteroatoms. The lowest BCUT2D eigenvalue weighted by Gasteiger charge is -2.24. The van der Waals surface area contributed by atoms with E-state index in [0.29, 0.717) is 22.4 Å². The highest BCUT2D eigenvalue weighted by Gasteiger charge is 2.48. The van der Waals surface area contributed by atoms with Gasteiger partial charge in [0.1, 0.15) is 10.6 Å². The van der Waals surface area contributed by atoms with Gasteiger partial charge < -0.3 is 19.7 Å². The molecule has 2 aromatic carbocycles. The van der Waals surface area contributed by atoms with E-state index in [9.17, 15) is 24.6 Å². The van der Waals surface area contributed by atoms with Crippen molar-refractivity contribution < 1.29 is 34.1 Å². The summed E-state index contributed by atoms with van der Waals surface area (Å²) in [6.45, 7) is 9.14. The Morgan fingerprint density at radius 3 is 2.50 bits per heavy atom. The first-order valence-electron chi connectivity index (χ1n) is 12.1. The van der Waals surface area contributed by atoms with E-state index in [4.69, 9.17) is 9.47 Å². The van der Waals surface area contributed by atoms with Crippen molar-refractivity contribution in [2.75, 3.05) is 18.1 Å². The molecule has 1 aliphatic rings. The Balaban J connectivity index is 1.97. The fraction of sp³-hybridized carbons (Fsp3) is 0.286. The number of Topliss-reactive ketones (excluding diaryl/α,β-unsaturated/α-hetero) is 1. The van der Waals surface area contributed by atoms with E-state index in [2.05, 4.69) is 4.98 Å². The minimum Gasteiger partial charge on any atom is -0.507 e. The number of aromatic hydroxyl groups is 1. The van der Waals surface area contributed by atoms with Gasteiger partial charge >= 0.3 is 11.9 Å². The zero-order valence-corrected chi connectivity index (χ0v) is 22.5. The molecule has 2 heterocycles. The maximum Gasteiger partial charge on any atom is 0.350 e. The van der Waals surface area contributed by atoms with Gasteiger partial charge in [0.2, 0.25) is 0 Å². The molecule has 198 valence electrons. The summed E-state index contributed by atoms with van der Waals surface area (Å²) in [5.74, 6) is -2.67. The molecule has 3 aromatic rings. The van der Waals surface area contributed by atoms with Gasteiger partial charge in [0.05, 0.1) is 30.5 Å².